The van der Waals surface area contributed by atoms with Gasteiger partial charge in [0.1, 0.15) is 0 Å². The van der Waals surface area contributed by atoms with Gasteiger partial charge in [-0.1, -0.05) is 25.1 Å². The fraction of sp³-hybridized carbons (Fsp3) is 0.562. The van der Waals surface area contributed by atoms with Crippen molar-refractivity contribution < 1.29 is 4.92 Å². The number of para-hydroxylation sites is 1. The molecule has 1 heterocycles. The summed E-state index contributed by atoms with van der Waals surface area (Å²) in [6, 6.07) is 6.79. The van der Waals surface area contributed by atoms with Gasteiger partial charge in [-0.2, -0.15) is 0 Å². The molecular weight excluding hydrogens is 280 g/mol. The molecule has 6 nitrogen and oxygen atoms in total. The SMILES string of the molecule is CCNC(=NCc1ccccc1[N+](=O)[O-])N1CCCC(C)C1. The van der Waals surface area contributed by atoms with E-state index in [0.717, 1.165) is 32.0 Å². The molecule has 0 saturated carbocycles. The summed E-state index contributed by atoms with van der Waals surface area (Å²) in [7, 11) is 0. The zero-order valence-corrected chi connectivity index (χ0v) is 13.3. The maximum absolute atomic E-state index is 11.1. The van der Waals surface area contributed by atoms with Crippen LogP contribution in [-0.2, 0) is 6.54 Å². The summed E-state index contributed by atoms with van der Waals surface area (Å²) < 4.78 is 0. The van der Waals surface area contributed by atoms with Crippen molar-refractivity contribution >= 4 is 11.6 Å². The lowest BCUT2D eigenvalue weighted by Crippen LogP contribution is -2.46. The standard InChI is InChI=1S/C16H24N4O2/c1-3-17-16(19-10-6-7-13(2)12-19)18-11-14-8-4-5-9-15(14)20(21)22/h4-5,8-9,13H,3,6-7,10-12H2,1-2H3,(H,17,18). The van der Waals surface area contributed by atoms with E-state index >= 15 is 0 Å². The zero-order valence-electron chi connectivity index (χ0n) is 13.3. The van der Waals surface area contributed by atoms with Crippen molar-refractivity contribution in [1.82, 2.24) is 10.2 Å². The van der Waals surface area contributed by atoms with Crippen molar-refractivity contribution in [2.75, 3.05) is 19.6 Å². The number of nitrogens with zero attached hydrogens (tertiary/aromatic N) is 3. The third-order valence-corrected chi connectivity index (χ3v) is 3.88. The monoisotopic (exact) mass is 304 g/mol. The molecule has 1 aromatic carbocycles. The third kappa shape index (κ3) is 4.19. The van der Waals surface area contributed by atoms with Crippen LogP contribution in [0.25, 0.3) is 0 Å². The molecule has 0 spiro atoms. The molecule has 1 aromatic rings. The Balaban J connectivity index is 2.15. The van der Waals surface area contributed by atoms with Gasteiger partial charge in [0.05, 0.1) is 17.0 Å². The van der Waals surface area contributed by atoms with E-state index in [1.807, 2.05) is 13.0 Å². The van der Waals surface area contributed by atoms with Gasteiger partial charge in [0.2, 0.25) is 0 Å². The summed E-state index contributed by atoms with van der Waals surface area (Å²) in [6.07, 6.45) is 2.41. The molecule has 120 valence electrons. The van der Waals surface area contributed by atoms with E-state index in [2.05, 4.69) is 22.1 Å². The molecule has 6 heteroatoms. The van der Waals surface area contributed by atoms with Crippen LogP contribution in [0.3, 0.4) is 0 Å². The third-order valence-electron chi connectivity index (χ3n) is 3.88. The minimum absolute atomic E-state index is 0.133. The molecule has 0 amide bonds. The van der Waals surface area contributed by atoms with Gasteiger partial charge >= 0.3 is 0 Å². The largest absolute Gasteiger partial charge is 0.357 e. The van der Waals surface area contributed by atoms with Crippen molar-refractivity contribution in [1.29, 1.82) is 0 Å². The molecule has 0 aromatic heterocycles. The number of benzene rings is 1. The van der Waals surface area contributed by atoms with E-state index in [1.54, 1.807) is 12.1 Å². The van der Waals surface area contributed by atoms with Crippen LogP contribution in [0.2, 0.25) is 0 Å². The minimum Gasteiger partial charge on any atom is -0.357 e. The minimum atomic E-state index is -0.346. The normalized spacial score (nSPS) is 19.1. The molecule has 1 aliphatic heterocycles. The second kappa shape index (κ2) is 7.77. The molecule has 0 bridgehead atoms. The maximum Gasteiger partial charge on any atom is 0.274 e. The summed E-state index contributed by atoms with van der Waals surface area (Å²) in [6.45, 7) is 7.38. The molecule has 1 aliphatic rings. The van der Waals surface area contributed by atoms with E-state index in [1.165, 1.54) is 12.5 Å². The lowest BCUT2D eigenvalue weighted by molar-refractivity contribution is -0.385. The lowest BCUT2D eigenvalue weighted by Gasteiger charge is -2.33. The van der Waals surface area contributed by atoms with Crippen molar-refractivity contribution in [3.63, 3.8) is 0 Å². The van der Waals surface area contributed by atoms with Crippen LogP contribution in [0.15, 0.2) is 29.3 Å². The average Bonchev–Trinajstić information content (AvgIpc) is 2.51. The smallest absolute Gasteiger partial charge is 0.274 e. The van der Waals surface area contributed by atoms with Crippen LogP contribution in [0.1, 0.15) is 32.3 Å². The Hall–Kier alpha value is -2.11. The van der Waals surface area contributed by atoms with Crippen LogP contribution >= 0.6 is 0 Å². The topological polar surface area (TPSA) is 70.8 Å². The Morgan fingerprint density at radius 2 is 2.27 bits per heavy atom. The number of nitro groups is 1. The number of nitrogens with one attached hydrogen (secondary N) is 1. The maximum atomic E-state index is 11.1. The van der Waals surface area contributed by atoms with E-state index in [-0.39, 0.29) is 10.6 Å². The van der Waals surface area contributed by atoms with Gasteiger partial charge in [-0.25, -0.2) is 4.99 Å². The molecular formula is C16H24N4O2. The molecule has 22 heavy (non-hydrogen) atoms. The highest BCUT2D eigenvalue weighted by atomic mass is 16.6. The highest BCUT2D eigenvalue weighted by molar-refractivity contribution is 5.80. The Kier molecular flexibility index (Phi) is 5.75. The average molecular weight is 304 g/mol. The summed E-state index contributed by atoms with van der Waals surface area (Å²) >= 11 is 0. The van der Waals surface area contributed by atoms with Gasteiger partial charge in [0, 0.05) is 25.7 Å². The summed E-state index contributed by atoms with van der Waals surface area (Å²) in [5.41, 5.74) is 0.780. The van der Waals surface area contributed by atoms with Crippen molar-refractivity contribution in [2.24, 2.45) is 10.9 Å². The fourth-order valence-electron chi connectivity index (χ4n) is 2.79. The second-order valence-corrected chi connectivity index (χ2v) is 5.75. The number of likely N-dealkylation sites (tertiary alicyclic amines) is 1. The Labute approximate surface area is 131 Å². The summed E-state index contributed by atoms with van der Waals surface area (Å²) in [5.74, 6) is 1.51. The predicted molar refractivity (Wildman–Crippen MR) is 87.9 cm³/mol. The predicted octanol–water partition coefficient (Wildman–Crippen LogP) is 2.79. The number of hydrogen-bond acceptors (Lipinski definition) is 3. The zero-order chi connectivity index (χ0) is 15.9. The second-order valence-electron chi connectivity index (χ2n) is 5.75. The fourth-order valence-corrected chi connectivity index (χ4v) is 2.79. The number of rotatable bonds is 4. The lowest BCUT2D eigenvalue weighted by atomic mass is 10.0. The molecule has 1 fully saturated rings. The molecule has 0 aliphatic carbocycles. The van der Waals surface area contributed by atoms with Crippen molar-refractivity contribution in [3.8, 4) is 0 Å². The molecule has 1 atom stereocenters. The summed E-state index contributed by atoms with van der Waals surface area (Å²) in [5, 5.41) is 14.4. The van der Waals surface area contributed by atoms with Gasteiger partial charge in [0.25, 0.3) is 5.69 Å². The van der Waals surface area contributed by atoms with Crippen LogP contribution in [0.5, 0.6) is 0 Å². The molecule has 1 unspecified atom stereocenters. The first-order chi connectivity index (χ1) is 10.6. The molecule has 2 rings (SSSR count). The Morgan fingerprint density at radius 1 is 1.50 bits per heavy atom. The van der Waals surface area contributed by atoms with Gasteiger partial charge in [0.15, 0.2) is 5.96 Å². The highest BCUT2D eigenvalue weighted by Crippen LogP contribution is 2.19. The van der Waals surface area contributed by atoms with Gasteiger partial charge in [-0.15, -0.1) is 0 Å². The quantitative estimate of drug-likeness (QED) is 0.402. The number of piperidine rings is 1. The van der Waals surface area contributed by atoms with E-state index < -0.39 is 0 Å². The van der Waals surface area contributed by atoms with Crippen LogP contribution in [-0.4, -0.2) is 35.4 Å². The van der Waals surface area contributed by atoms with E-state index in [0.29, 0.717) is 18.0 Å². The van der Waals surface area contributed by atoms with Gasteiger partial charge in [-0.05, 0) is 25.7 Å². The first kappa shape index (κ1) is 16.3. The van der Waals surface area contributed by atoms with E-state index in [4.69, 9.17) is 0 Å². The van der Waals surface area contributed by atoms with Crippen molar-refractivity contribution in [2.45, 2.75) is 33.2 Å². The number of guanidine groups is 1. The molecule has 1 saturated heterocycles. The highest BCUT2D eigenvalue weighted by Gasteiger charge is 2.19. The van der Waals surface area contributed by atoms with Crippen LogP contribution < -0.4 is 5.32 Å². The van der Waals surface area contributed by atoms with Crippen LogP contribution in [0.4, 0.5) is 5.69 Å². The molecule has 1 N–H and O–H groups in total. The Bertz CT molecular complexity index is 545. The number of hydrogen-bond donors (Lipinski definition) is 1. The first-order valence-corrected chi connectivity index (χ1v) is 7.87. The van der Waals surface area contributed by atoms with Gasteiger partial charge < -0.3 is 10.2 Å². The Morgan fingerprint density at radius 3 is 2.95 bits per heavy atom. The molecule has 0 radical (unpaired) electrons. The summed E-state index contributed by atoms with van der Waals surface area (Å²) in [4.78, 5) is 17.6. The van der Waals surface area contributed by atoms with Crippen LogP contribution in [0, 0.1) is 16.0 Å². The first-order valence-electron chi connectivity index (χ1n) is 7.87. The van der Waals surface area contributed by atoms with Gasteiger partial charge in [-0.3, -0.25) is 10.1 Å². The van der Waals surface area contributed by atoms with Crippen molar-refractivity contribution in [3.05, 3.63) is 39.9 Å². The number of nitro benzene ring substituents is 1. The number of aliphatic imine (C=N–C) groups is 1. The van der Waals surface area contributed by atoms with E-state index in [9.17, 15) is 10.1 Å².